The second-order valence-corrected chi connectivity index (χ2v) is 3.63. The summed E-state index contributed by atoms with van der Waals surface area (Å²) in [6, 6.07) is 0. The van der Waals surface area contributed by atoms with Crippen molar-refractivity contribution in [1.29, 1.82) is 0 Å². The number of carbonyl (C=O) groups is 1. The molecule has 0 aromatic carbocycles. The molecule has 0 bridgehead atoms. The minimum Gasteiger partial charge on any atom is -0.466 e. The maximum atomic E-state index is 10.4. The Kier molecular flexibility index (Phi) is 8.64. The standard InChI is InChI=1S/C11H22O3/c1-3-4-5-6-7-11(13)8-9-14-10(2)12/h11,13H,3-9H2,1-2H3. The highest BCUT2D eigenvalue weighted by Gasteiger charge is 2.04. The second-order valence-electron chi connectivity index (χ2n) is 3.63. The first-order valence-corrected chi connectivity index (χ1v) is 5.48. The van der Waals surface area contributed by atoms with E-state index in [0.717, 1.165) is 12.8 Å². The van der Waals surface area contributed by atoms with E-state index in [9.17, 15) is 9.90 Å². The van der Waals surface area contributed by atoms with Crippen molar-refractivity contribution in [2.45, 2.75) is 58.5 Å². The van der Waals surface area contributed by atoms with Crippen LogP contribution in [0.2, 0.25) is 0 Å². The Bertz CT molecular complexity index is 145. The fourth-order valence-electron chi connectivity index (χ4n) is 1.29. The number of aliphatic hydroxyl groups is 1. The third-order valence-electron chi connectivity index (χ3n) is 2.15. The smallest absolute Gasteiger partial charge is 0.302 e. The molecule has 0 saturated heterocycles. The lowest BCUT2D eigenvalue weighted by Gasteiger charge is -2.09. The van der Waals surface area contributed by atoms with Gasteiger partial charge in [0, 0.05) is 13.3 Å². The largest absolute Gasteiger partial charge is 0.466 e. The van der Waals surface area contributed by atoms with E-state index in [4.69, 9.17) is 4.74 Å². The van der Waals surface area contributed by atoms with E-state index >= 15 is 0 Å². The first-order valence-electron chi connectivity index (χ1n) is 5.48. The highest BCUT2D eigenvalue weighted by molar-refractivity contribution is 5.65. The van der Waals surface area contributed by atoms with Gasteiger partial charge in [0.05, 0.1) is 12.7 Å². The van der Waals surface area contributed by atoms with Gasteiger partial charge < -0.3 is 9.84 Å². The molecule has 0 aliphatic carbocycles. The highest BCUT2D eigenvalue weighted by Crippen LogP contribution is 2.07. The Labute approximate surface area is 86.5 Å². The Morgan fingerprint density at radius 1 is 1.29 bits per heavy atom. The molecule has 1 atom stereocenters. The van der Waals surface area contributed by atoms with Gasteiger partial charge in [0.1, 0.15) is 0 Å². The van der Waals surface area contributed by atoms with Gasteiger partial charge in [0.15, 0.2) is 0 Å². The fraction of sp³-hybridized carbons (Fsp3) is 0.909. The summed E-state index contributed by atoms with van der Waals surface area (Å²) in [7, 11) is 0. The number of aliphatic hydroxyl groups excluding tert-OH is 1. The number of hydrogen-bond acceptors (Lipinski definition) is 3. The predicted octanol–water partition coefficient (Wildman–Crippen LogP) is 2.27. The molecule has 3 heteroatoms. The Morgan fingerprint density at radius 2 is 2.00 bits per heavy atom. The molecule has 0 aromatic heterocycles. The summed E-state index contributed by atoms with van der Waals surface area (Å²) >= 11 is 0. The van der Waals surface area contributed by atoms with E-state index in [2.05, 4.69) is 6.92 Å². The van der Waals surface area contributed by atoms with Gasteiger partial charge in [0.2, 0.25) is 0 Å². The van der Waals surface area contributed by atoms with Crippen LogP contribution >= 0.6 is 0 Å². The zero-order valence-corrected chi connectivity index (χ0v) is 9.29. The quantitative estimate of drug-likeness (QED) is 0.485. The maximum Gasteiger partial charge on any atom is 0.302 e. The average molecular weight is 202 g/mol. The number of rotatable bonds is 8. The summed E-state index contributed by atoms with van der Waals surface area (Å²) in [6.45, 7) is 3.88. The molecule has 3 nitrogen and oxygen atoms in total. The molecule has 0 saturated carbocycles. The third-order valence-corrected chi connectivity index (χ3v) is 2.15. The van der Waals surface area contributed by atoms with E-state index in [1.165, 1.54) is 26.2 Å². The molecule has 0 amide bonds. The van der Waals surface area contributed by atoms with Gasteiger partial charge in [-0.15, -0.1) is 0 Å². The Morgan fingerprint density at radius 3 is 2.57 bits per heavy atom. The number of esters is 1. The van der Waals surface area contributed by atoms with Crippen LogP contribution in [0, 0.1) is 0 Å². The highest BCUT2D eigenvalue weighted by atomic mass is 16.5. The molecule has 0 rings (SSSR count). The van der Waals surface area contributed by atoms with Crippen molar-refractivity contribution in [3.8, 4) is 0 Å². The van der Waals surface area contributed by atoms with E-state index in [1.807, 2.05) is 0 Å². The second kappa shape index (κ2) is 9.00. The monoisotopic (exact) mass is 202 g/mol. The first-order chi connectivity index (χ1) is 6.66. The van der Waals surface area contributed by atoms with Gasteiger partial charge in [-0.05, 0) is 6.42 Å². The van der Waals surface area contributed by atoms with Crippen molar-refractivity contribution >= 4 is 5.97 Å². The molecule has 84 valence electrons. The summed E-state index contributed by atoms with van der Waals surface area (Å²) in [6.07, 6.45) is 5.76. The van der Waals surface area contributed by atoms with Gasteiger partial charge in [-0.3, -0.25) is 4.79 Å². The van der Waals surface area contributed by atoms with Crippen LogP contribution in [-0.2, 0) is 9.53 Å². The zero-order chi connectivity index (χ0) is 10.8. The Balaban J connectivity index is 3.19. The number of carbonyl (C=O) groups excluding carboxylic acids is 1. The molecule has 0 radical (unpaired) electrons. The number of unbranched alkanes of at least 4 members (excludes halogenated alkanes) is 3. The molecule has 0 aromatic rings. The van der Waals surface area contributed by atoms with Crippen LogP contribution in [0.15, 0.2) is 0 Å². The zero-order valence-electron chi connectivity index (χ0n) is 9.29. The van der Waals surface area contributed by atoms with Crippen LogP contribution in [0.1, 0.15) is 52.4 Å². The van der Waals surface area contributed by atoms with Crippen molar-refractivity contribution in [2.75, 3.05) is 6.61 Å². The topological polar surface area (TPSA) is 46.5 Å². The van der Waals surface area contributed by atoms with E-state index in [1.54, 1.807) is 0 Å². The molecule has 0 aliphatic rings. The molecular weight excluding hydrogens is 180 g/mol. The molecule has 0 aliphatic heterocycles. The third kappa shape index (κ3) is 9.52. The first kappa shape index (κ1) is 13.4. The summed E-state index contributed by atoms with van der Waals surface area (Å²) in [5.41, 5.74) is 0. The molecule has 0 spiro atoms. The van der Waals surface area contributed by atoms with Crippen LogP contribution in [0.5, 0.6) is 0 Å². The lowest BCUT2D eigenvalue weighted by molar-refractivity contribution is -0.141. The normalized spacial score (nSPS) is 12.5. The lowest BCUT2D eigenvalue weighted by Crippen LogP contribution is -2.11. The van der Waals surface area contributed by atoms with Gasteiger partial charge in [-0.25, -0.2) is 0 Å². The number of ether oxygens (including phenoxy) is 1. The van der Waals surface area contributed by atoms with Crippen LogP contribution in [0.25, 0.3) is 0 Å². The van der Waals surface area contributed by atoms with E-state index in [-0.39, 0.29) is 12.1 Å². The fourth-order valence-corrected chi connectivity index (χ4v) is 1.29. The summed E-state index contributed by atoms with van der Waals surface area (Å²) in [4.78, 5) is 10.4. The predicted molar refractivity (Wildman–Crippen MR) is 56.0 cm³/mol. The molecule has 14 heavy (non-hydrogen) atoms. The number of hydrogen-bond donors (Lipinski definition) is 1. The van der Waals surface area contributed by atoms with Gasteiger partial charge in [-0.2, -0.15) is 0 Å². The average Bonchev–Trinajstić information content (AvgIpc) is 2.12. The summed E-state index contributed by atoms with van der Waals surface area (Å²) in [5.74, 6) is -0.275. The van der Waals surface area contributed by atoms with E-state index in [0.29, 0.717) is 13.0 Å². The molecule has 0 fully saturated rings. The minimum absolute atomic E-state index is 0.275. The van der Waals surface area contributed by atoms with Crippen molar-refractivity contribution in [3.63, 3.8) is 0 Å². The Hall–Kier alpha value is -0.570. The lowest BCUT2D eigenvalue weighted by atomic mass is 10.1. The molecular formula is C11H22O3. The molecule has 0 heterocycles. The van der Waals surface area contributed by atoms with Gasteiger partial charge in [0.25, 0.3) is 0 Å². The van der Waals surface area contributed by atoms with Crippen molar-refractivity contribution in [1.82, 2.24) is 0 Å². The van der Waals surface area contributed by atoms with Crippen molar-refractivity contribution < 1.29 is 14.6 Å². The molecule has 1 N–H and O–H groups in total. The van der Waals surface area contributed by atoms with Crippen LogP contribution in [-0.4, -0.2) is 23.8 Å². The van der Waals surface area contributed by atoms with Crippen molar-refractivity contribution in [2.24, 2.45) is 0 Å². The van der Waals surface area contributed by atoms with Gasteiger partial charge in [-0.1, -0.05) is 32.6 Å². The summed E-state index contributed by atoms with van der Waals surface area (Å²) < 4.78 is 4.74. The minimum atomic E-state index is -0.314. The van der Waals surface area contributed by atoms with E-state index < -0.39 is 0 Å². The van der Waals surface area contributed by atoms with Crippen molar-refractivity contribution in [3.05, 3.63) is 0 Å². The molecule has 1 unspecified atom stereocenters. The maximum absolute atomic E-state index is 10.4. The van der Waals surface area contributed by atoms with Gasteiger partial charge >= 0.3 is 5.97 Å². The van der Waals surface area contributed by atoms with Crippen LogP contribution in [0.3, 0.4) is 0 Å². The van der Waals surface area contributed by atoms with Crippen LogP contribution in [0.4, 0.5) is 0 Å². The SMILES string of the molecule is CCCCCCC(O)CCOC(C)=O. The summed E-state index contributed by atoms with van der Waals surface area (Å²) in [5, 5.41) is 9.47. The van der Waals surface area contributed by atoms with Crippen LogP contribution < -0.4 is 0 Å².